The molecule has 1 N–H and O–H groups in total. The minimum atomic E-state index is -0.234. The first-order valence-corrected chi connectivity index (χ1v) is 10.3. The lowest BCUT2D eigenvalue weighted by molar-refractivity contribution is -0.121. The van der Waals surface area contributed by atoms with Gasteiger partial charge in [-0.05, 0) is 62.2 Å². The van der Waals surface area contributed by atoms with E-state index in [-0.39, 0.29) is 11.9 Å². The number of hydrogen-bond donors (Lipinski definition) is 1. The van der Waals surface area contributed by atoms with Crippen LogP contribution in [-0.4, -0.2) is 50.2 Å². The average Bonchev–Trinajstić information content (AvgIpc) is 3.25. The molecule has 5 heteroatoms. The first-order valence-electron chi connectivity index (χ1n) is 10.3. The molecule has 2 heterocycles. The third-order valence-electron chi connectivity index (χ3n) is 5.71. The summed E-state index contributed by atoms with van der Waals surface area (Å²) in [5, 5.41) is 3.19. The van der Waals surface area contributed by atoms with E-state index in [4.69, 9.17) is 4.74 Å². The molecular formula is C23H29N3O2. The number of benzene rings is 2. The number of carbonyl (C=O) groups excluding carboxylic acids is 1. The van der Waals surface area contributed by atoms with Gasteiger partial charge in [0.05, 0.1) is 13.2 Å². The number of amides is 1. The Morgan fingerprint density at radius 2 is 1.71 bits per heavy atom. The van der Waals surface area contributed by atoms with E-state index < -0.39 is 0 Å². The van der Waals surface area contributed by atoms with Crippen LogP contribution < -0.4 is 10.2 Å². The molecule has 2 aromatic rings. The first-order chi connectivity index (χ1) is 13.7. The van der Waals surface area contributed by atoms with Gasteiger partial charge in [0.1, 0.15) is 6.04 Å². The van der Waals surface area contributed by atoms with E-state index in [0.717, 1.165) is 69.0 Å². The fourth-order valence-corrected chi connectivity index (χ4v) is 4.17. The average molecular weight is 380 g/mol. The first kappa shape index (κ1) is 19.0. The normalized spacial score (nSPS) is 18.8. The molecule has 2 saturated heterocycles. The third kappa shape index (κ3) is 4.21. The molecule has 148 valence electrons. The zero-order chi connectivity index (χ0) is 19.3. The second kappa shape index (κ2) is 8.76. The predicted molar refractivity (Wildman–Crippen MR) is 113 cm³/mol. The lowest BCUT2D eigenvalue weighted by Crippen LogP contribution is -2.36. The van der Waals surface area contributed by atoms with Gasteiger partial charge in [0.2, 0.25) is 5.91 Å². The molecule has 1 amide bonds. The molecule has 28 heavy (non-hydrogen) atoms. The number of carbonyl (C=O) groups is 1. The standard InChI is InChI=1S/C23H29N3O2/c1-18-17-20(25-13-15-28-16-14-25)9-10-21(18)24-23(27)22(26-11-5-6-12-26)19-7-3-2-4-8-19/h2-4,7-10,17,22H,5-6,11-16H2,1H3,(H,24,27). The van der Waals surface area contributed by atoms with E-state index in [2.05, 4.69) is 46.3 Å². The summed E-state index contributed by atoms with van der Waals surface area (Å²) in [4.78, 5) is 17.9. The lowest BCUT2D eigenvalue weighted by Gasteiger charge is -2.30. The molecule has 1 unspecified atom stereocenters. The Kier molecular flexibility index (Phi) is 5.93. The van der Waals surface area contributed by atoms with E-state index in [1.807, 2.05) is 24.3 Å². The Morgan fingerprint density at radius 1 is 1.00 bits per heavy atom. The summed E-state index contributed by atoms with van der Waals surface area (Å²) in [5.41, 5.74) is 4.23. The molecule has 0 bridgehead atoms. The number of aryl methyl sites for hydroxylation is 1. The maximum Gasteiger partial charge on any atom is 0.246 e. The van der Waals surface area contributed by atoms with Crippen molar-refractivity contribution in [1.82, 2.24) is 4.90 Å². The van der Waals surface area contributed by atoms with Crippen molar-refractivity contribution < 1.29 is 9.53 Å². The SMILES string of the molecule is Cc1cc(N2CCOCC2)ccc1NC(=O)C(c1ccccc1)N1CCCC1. The fourth-order valence-electron chi connectivity index (χ4n) is 4.17. The van der Waals surface area contributed by atoms with Gasteiger partial charge in [0.25, 0.3) is 0 Å². The van der Waals surface area contributed by atoms with Crippen LogP contribution in [0.1, 0.15) is 30.0 Å². The topological polar surface area (TPSA) is 44.8 Å². The number of anilines is 2. The van der Waals surface area contributed by atoms with Gasteiger partial charge in [-0.2, -0.15) is 0 Å². The molecule has 0 radical (unpaired) electrons. The second-order valence-corrected chi connectivity index (χ2v) is 7.64. The van der Waals surface area contributed by atoms with Crippen LogP contribution >= 0.6 is 0 Å². The van der Waals surface area contributed by atoms with Crippen molar-refractivity contribution >= 4 is 17.3 Å². The predicted octanol–water partition coefficient (Wildman–Crippen LogP) is 3.61. The van der Waals surface area contributed by atoms with Crippen LogP contribution in [0, 0.1) is 6.92 Å². The highest BCUT2D eigenvalue weighted by molar-refractivity contribution is 5.96. The maximum absolute atomic E-state index is 13.3. The van der Waals surface area contributed by atoms with Crippen molar-refractivity contribution in [2.75, 3.05) is 49.6 Å². The monoisotopic (exact) mass is 379 g/mol. The van der Waals surface area contributed by atoms with E-state index in [0.29, 0.717) is 0 Å². The molecule has 0 saturated carbocycles. The van der Waals surface area contributed by atoms with Gasteiger partial charge in [0, 0.05) is 24.5 Å². The molecule has 4 rings (SSSR count). The van der Waals surface area contributed by atoms with E-state index in [1.165, 1.54) is 5.69 Å². The van der Waals surface area contributed by atoms with E-state index >= 15 is 0 Å². The van der Waals surface area contributed by atoms with Crippen molar-refractivity contribution in [1.29, 1.82) is 0 Å². The zero-order valence-corrected chi connectivity index (χ0v) is 16.6. The summed E-state index contributed by atoms with van der Waals surface area (Å²) >= 11 is 0. The van der Waals surface area contributed by atoms with Crippen molar-refractivity contribution in [2.45, 2.75) is 25.8 Å². The van der Waals surface area contributed by atoms with Crippen molar-refractivity contribution in [3.8, 4) is 0 Å². The lowest BCUT2D eigenvalue weighted by atomic mass is 10.0. The number of nitrogens with one attached hydrogen (secondary N) is 1. The van der Waals surface area contributed by atoms with Gasteiger partial charge in [-0.3, -0.25) is 9.69 Å². The quantitative estimate of drug-likeness (QED) is 0.862. The Hall–Kier alpha value is -2.37. The van der Waals surface area contributed by atoms with Gasteiger partial charge < -0.3 is 15.0 Å². The van der Waals surface area contributed by atoms with Gasteiger partial charge in [0.15, 0.2) is 0 Å². The highest BCUT2D eigenvalue weighted by atomic mass is 16.5. The van der Waals surface area contributed by atoms with Crippen molar-refractivity contribution in [2.24, 2.45) is 0 Å². The van der Waals surface area contributed by atoms with Crippen LogP contribution in [0.3, 0.4) is 0 Å². The van der Waals surface area contributed by atoms with Crippen LogP contribution in [-0.2, 0) is 9.53 Å². The summed E-state index contributed by atoms with van der Waals surface area (Å²) < 4.78 is 5.44. The highest BCUT2D eigenvalue weighted by Gasteiger charge is 2.29. The van der Waals surface area contributed by atoms with Crippen LogP contribution in [0.5, 0.6) is 0 Å². The van der Waals surface area contributed by atoms with Gasteiger partial charge >= 0.3 is 0 Å². The summed E-state index contributed by atoms with van der Waals surface area (Å²) in [6.45, 7) is 7.38. The highest BCUT2D eigenvalue weighted by Crippen LogP contribution is 2.28. The Bertz CT molecular complexity index is 797. The Labute approximate surface area is 167 Å². The summed E-state index contributed by atoms with van der Waals surface area (Å²) in [6.07, 6.45) is 2.31. The van der Waals surface area contributed by atoms with Crippen LogP contribution in [0.2, 0.25) is 0 Å². The number of ether oxygens (including phenoxy) is 1. The minimum Gasteiger partial charge on any atom is -0.378 e. The summed E-state index contributed by atoms with van der Waals surface area (Å²) in [7, 11) is 0. The molecule has 1 atom stereocenters. The van der Waals surface area contributed by atoms with Crippen molar-refractivity contribution in [3.63, 3.8) is 0 Å². The second-order valence-electron chi connectivity index (χ2n) is 7.64. The molecule has 2 fully saturated rings. The van der Waals surface area contributed by atoms with E-state index in [9.17, 15) is 4.79 Å². The Balaban J connectivity index is 1.52. The molecule has 2 aromatic carbocycles. The summed E-state index contributed by atoms with van der Waals surface area (Å²) in [5.74, 6) is 0.0512. The number of rotatable bonds is 5. The molecule has 0 aliphatic carbocycles. The van der Waals surface area contributed by atoms with Gasteiger partial charge in [-0.1, -0.05) is 30.3 Å². The number of morpholine rings is 1. The number of hydrogen-bond acceptors (Lipinski definition) is 4. The smallest absolute Gasteiger partial charge is 0.246 e. The van der Waals surface area contributed by atoms with Gasteiger partial charge in [-0.25, -0.2) is 0 Å². The fraction of sp³-hybridized carbons (Fsp3) is 0.435. The van der Waals surface area contributed by atoms with E-state index in [1.54, 1.807) is 0 Å². The van der Waals surface area contributed by atoms with Crippen LogP contribution in [0.15, 0.2) is 48.5 Å². The van der Waals surface area contributed by atoms with Crippen molar-refractivity contribution in [3.05, 3.63) is 59.7 Å². The zero-order valence-electron chi connectivity index (χ0n) is 16.6. The van der Waals surface area contributed by atoms with Crippen LogP contribution in [0.4, 0.5) is 11.4 Å². The van der Waals surface area contributed by atoms with Gasteiger partial charge in [-0.15, -0.1) is 0 Å². The minimum absolute atomic E-state index is 0.0512. The maximum atomic E-state index is 13.3. The Morgan fingerprint density at radius 3 is 2.39 bits per heavy atom. The molecule has 2 aliphatic heterocycles. The number of likely N-dealkylation sites (tertiary alicyclic amines) is 1. The largest absolute Gasteiger partial charge is 0.378 e. The molecule has 0 spiro atoms. The molecular weight excluding hydrogens is 350 g/mol. The molecule has 2 aliphatic rings. The number of nitrogens with zero attached hydrogens (tertiary/aromatic N) is 2. The molecule has 0 aromatic heterocycles. The summed E-state index contributed by atoms with van der Waals surface area (Å²) in [6, 6.07) is 16.2. The van der Waals surface area contributed by atoms with Crippen LogP contribution in [0.25, 0.3) is 0 Å². The molecule has 5 nitrogen and oxygen atoms in total. The third-order valence-corrected chi connectivity index (χ3v) is 5.71.